The Kier molecular flexibility index (Phi) is 2.60. The predicted molar refractivity (Wildman–Crippen MR) is 74.4 cm³/mol. The minimum Gasteiger partial charge on any atom is -0.392 e. The standard InChI is InChI=1S/C15H16N4O/c20-10-11-5-16-19(6-11)9-14-8-18-7-13(12-1-2-12)3-4-15(18)17-14/h3-8,12,20H,1-2,9-10H2. The van der Waals surface area contributed by atoms with Crippen molar-refractivity contribution in [3.05, 3.63) is 53.7 Å². The minimum atomic E-state index is 0.0237. The second-order valence-corrected chi connectivity index (χ2v) is 5.44. The fraction of sp³-hybridized carbons (Fsp3) is 0.333. The average Bonchev–Trinajstić information content (AvgIpc) is 3.08. The lowest BCUT2D eigenvalue weighted by Crippen LogP contribution is -1.99. The van der Waals surface area contributed by atoms with E-state index >= 15 is 0 Å². The first kappa shape index (κ1) is 11.7. The number of aliphatic hydroxyl groups excluding tert-OH is 1. The zero-order valence-electron chi connectivity index (χ0n) is 11.1. The second kappa shape index (κ2) is 4.45. The Labute approximate surface area is 116 Å². The first-order chi connectivity index (χ1) is 9.81. The van der Waals surface area contributed by atoms with E-state index in [1.54, 1.807) is 10.9 Å². The summed E-state index contributed by atoms with van der Waals surface area (Å²) in [5.41, 5.74) is 4.18. The first-order valence-corrected chi connectivity index (χ1v) is 6.91. The highest BCUT2D eigenvalue weighted by Crippen LogP contribution is 2.39. The fourth-order valence-electron chi connectivity index (χ4n) is 2.54. The van der Waals surface area contributed by atoms with Gasteiger partial charge in [-0.15, -0.1) is 0 Å². The lowest BCUT2D eigenvalue weighted by molar-refractivity contribution is 0.281. The van der Waals surface area contributed by atoms with Gasteiger partial charge in [-0.2, -0.15) is 5.10 Å². The maximum atomic E-state index is 9.05. The largest absolute Gasteiger partial charge is 0.392 e. The van der Waals surface area contributed by atoms with E-state index in [0.717, 1.165) is 22.8 Å². The fourth-order valence-corrected chi connectivity index (χ4v) is 2.54. The van der Waals surface area contributed by atoms with Crippen LogP contribution >= 0.6 is 0 Å². The topological polar surface area (TPSA) is 55.4 Å². The Hall–Kier alpha value is -2.14. The number of hydrogen-bond donors (Lipinski definition) is 1. The molecule has 3 aromatic heterocycles. The maximum Gasteiger partial charge on any atom is 0.137 e. The van der Waals surface area contributed by atoms with E-state index in [9.17, 15) is 0 Å². The molecule has 3 heterocycles. The zero-order chi connectivity index (χ0) is 13.5. The van der Waals surface area contributed by atoms with Gasteiger partial charge in [0.25, 0.3) is 0 Å². The Balaban J connectivity index is 1.62. The summed E-state index contributed by atoms with van der Waals surface area (Å²) in [6.45, 7) is 0.649. The van der Waals surface area contributed by atoms with Gasteiger partial charge in [-0.3, -0.25) is 4.68 Å². The van der Waals surface area contributed by atoms with Crippen molar-refractivity contribution in [3.8, 4) is 0 Å². The molecule has 1 N–H and O–H groups in total. The number of aromatic nitrogens is 4. The molecule has 20 heavy (non-hydrogen) atoms. The summed E-state index contributed by atoms with van der Waals surface area (Å²) >= 11 is 0. The summed E-state index contributed by atoms with van der Waals surface area (Å²) in [4.78, 5) is 4.60. The summed E-state index contributed by atoms with van der Waals surface area (Å²) in [5, 5.41) is 13.3. The number of nitrogens with zero attached hydrogens (tertiary/aromatic N) is 4. The molecule has 5 nitrogen and oxygen atoms in total. The Bertz CT molecular complexity index is 754. The smallest absolute Gasteiger partial charge is 0.137 e. The number of imidazole rings is 1. The highest BCUT2D eigenvalue weighted by Gasteiger charge is 2.23. The molecule has 1 saturated carbocycles. The molecule has 5 heteroatoms. The summed E-state index contributed by atoms with van der Waals surface area (Å²) in [6, 6.07) is 4.26. The third-order valence-corrected chi connectivity index (χ3v) is 3.77. The Morgan fingerprint density at radius 2 is 2.10 bits per heavy atom. The molecule has 0 radical (unpaired) electrons. The molecule has 1 aliphatic rings. The van der Waals surface area contributed by atoms with E-state index < -0.39 is 0 Å². The van der Waals surface area contributed by atoms with Crippen LogP contribution in [-0.2, 0) is 13.2 Å². The van der Waals surface area contributed by atoms with Crippen molar-refractivity contribution < 1.29 is 5.11 Å². The normalized spacial score (nSPS) is 15.1. The quantitative estimate of drug-likeness (QED) is 0.787. The molecular formula is C15H16N4O. The van der Waals surface area contributed by atoms with Crippen LogP contribution in [0.1, 0.15) is 35.6 Å². The molecule has 0 unspecified atom stereocenters. The maximum absolute atomic E-state index is 9.05. The lowest BCUT2D eigenvalue weighted by Gasteiger charge is -1.98. The molecule has 3 aromatic rings. The molecule has 0 aromatic carbocycles. The van der Waals surface area contributed by atoms with Crippen LogP contribution in [0.5, 0.6) is 0 Å². The third kappa shape index (κ3) is 2.10. The summed E-state index contributed by atoms with van der Waals surface area (Å²) < 4.78 is 3.90. The van der Waals surface area contributed by atoms with Crippen molar-refractivity contribution in [2.75, 3.05) is 0 Å². The summed E-state index contributed by atoms with van der Waals surface area (Å²) in [5.74, 6) is 0.753. The monoisotopic (exact) mass is 268 g/mol. The van der Waals surface area contributed by atoms with E-state index in [4.69, 9.17) is 5.11 Å². The van der Waals surface area contributed by atoms with Gasteiger partial charge in [0, 0.05) is 24.2 Å². The van der Waals surface area contributed by atoms with Gasteiger partial charge in [0.1, 0.15) is 5.65 Å². The lowest BCUT2D eigenvalue weighted by atomic mass is 10.2. The van der Waals surface area contributed by atoms with Gasteiger partial charge in [0.15, 0.2) is 0 Å². The average molecular weight is 268 g/mol. The molecular weight excluding hydrogens is 252 g/mol. The predicted octanol–water partition coefficient (Wildman–Crippen LogP) is 1.95. The SMILES string of the molecule is OCc1cnn(Cc2cn3cc(C4CC4)ccc3n2)c1. The van der Waals surface area contributed by atoms with Crippen LogP contribution in [0.2, 0.25) is 0 Å². The van der Waals surface area contributed by atoms with Crippen LogP contribution in [0.15, 0.2) is 36.9 Å². The van der Waals surface area contributed by atoms with Crippen LogP contribution in [-0.4, -0.2) is 24.3 Å². The van der Waals surface area contributed by atoms with Gasteiger partial charge in [-0.05, 0) is 30.4 Å². The van der Waals surface area contributed by atoms with Crippen LogP contribution in [0, 0.1) is 0 Å². The van der Waals surface area contributed by atoms with Gasteiger partial charge in [-0.25, -0.2) is 4.98 Å². The number of rotatable bonds is 4. The van der Waals surface area contributed by atoms with Gasteiger partial charge in [0.05, 0.1) is 25.0 Å². The molecule has 1 aliphatic carbocycles. The molecule has 0 aliphatic heterocycles. The van der Waals surface area contributed by atoms with E-state index in [-0.39, 0.29) is 6.61 Å². The number of fused-ring (bicyclic) bond motifs is 1. The molecule has 0 amide bonds. The van der Waals surface area contributed by atoms with Gasteiger partial charge in [-0.1, -0.05) is 6.07 Å². The molecule has 1 fully saturated rings. The number of hydrogen-bond acceptors (Lipinski definition) is 3. The van der Waals surface area contributed by atoms with Crippen molar-refractivity contribution in [1.82, 2.24) is 19.2 Å². The van der Waals surface area contributed by atoms with E-state index in [1.165, 1.54) is 18.4 Å². The van der Waals surface area contributed by atoms with Crippen molar-refractivity contribution in [3.63, 3.8) is 0 Å². The van der Waals surface area contributed by atoms with Crippen LogP contribution in [0.3, 0.4) is 0 Å². The van der Waals surface area contributed by atoms with E-state index in [0.29, 0.717) is 6.54 Å². The third-order valence-electron chi connectivity index (χ3n) is 3.77. The minimum absolute atomic E-state index is 0.0237. The summed E-state index contributed by atoms with van der Waals surface area (Å²) in [7, 11) is 0. The van der Waals surface area contributed by atoms with Crippen molar-refractivity contribution in [2.24, 2.45) is 0 Å². The second-order valence-electron chi connectivity index (χ2n) is 5.44. The molecule has 4 rings (SSSR count). The molecule has 0 spiro atoms. The van der Waals surface area contributed by atoms with Crippen molar-refractivity contribution in [2.45, 2.75) is 31.9 Å². The van der Waals surface area contributed by atoms with Gasteiger partial charge < -0.3 is 9.51 Å². The Morgan fingerprint density at radius 1 is 1.20 bits per heavy atom. The first-order valence-electron chi connectivity index (χ1n) is 6.91. The summed E-state index contributed by atoms with van der Waals surface area (Å²) in [6.07, 6.45) is 10.4. The highest BCUT2D eigenvalue weighted by molar-refractivity contribution is 5.42. The molecule has 0 bridgehead atoms. The molecule has 102 valence electrons. The number of pyridine rings is 1. The van der Waals surface area contributed by atoms with Crippen LogP contribution in [0.25, 0.3) is 5.65 Å². The van der Waals surface area contributed by atoms with E-state index in [2.05, 4.69) is 39.0 Å². The highest BCUT2D eigenvalue weighted by atomic mass is 16.3. The zero-order valence-corrected chi connectivity index (χ0v) is 11.1. The van der Waals surface area contributed by atoms with Crippen molar-refractivity contribution >= 4 is 5.65 Å². The van der Waals surface area contributed by atoms with Gasteiger partial charge >= 0.3 is 0 Å². The van der Waals surface area contributed by atoms with Crippen molar-refractivity contribution in [1.29, 1.82) is 0 Å². The molecule has 0 saturated heterocycles. The van der Waals surface area contributed by atoms with Crippen LogP contribution < -0.4 is 0 Å². The van der Waals surface area contributed by atoms with Crippen LogP contribution in [0.4, 0.5) is 0 Å². The van der Waals surface area contributed by atoms with Gasteiger partial charge in [0.2, 0.25) is 0 Å². The number of aliphatic hydroxyl groups is 1. The molecule has 0 atom stereocenters. The Morgan fingerprint density at radius 3 is 2.85 bits per heavy atom. The van der Waals surface area contributed by atoms with E-state index in [1.807, 2.05) is 6.20 Å².